The van der Waals surface area contributed by atoms with E-state index in [1.165, 1.54) is 11.0 Å². The lowest BCUT2D eigenvalue weighted by Crippen LogP contribution is -2.56. The molecule has 2 heterocycles. The fourth-order valence-corrected chi connectivity index (χ4v) is 2.78. The van der Waals surface area contributed by atoms with Crippen LogP contribution in [0.2, 0.25) is 0 Å². The number of amides is 3. The van der Waals surface area contributed by atoms with Gasteiger partial charge in [0.05, 0.1) is 5.56 Å². The maximum atomic E-state index is 13.8. The summed E-state index contributed by atoms with van der Waals surface area (Å²) >= 11 is 0. The summed E-state index contributed by atoms with van der Waals surface area (Å²) in [5.74, 6) is -1.85. The third-order valence-electron chi connectivity index (χ3n) is 3.78. The summed E-state index contributed by atoms with van der Waals surface area (Å²) in [7, 11) is 0. The lowest BCUT2D eigenvalue weighted by Gasteiger charge is -2.36. The molecule has 1 unspecified atom stereocenters. The van der Waals surface area contributed by atoms with Crippen LogP contribution in [0.3, 0.4) is 0 Å². The molecule has 1 saturated heterocycles. The van der Waals surface area contributed by atoms with Crippen molar-refractivity contribution in [2.45, 2.75) is 25.3 Å². The average Bonchev–Trinajstić information content (AvgIpc) is 2.40. The fraction of sp³-hybridized carbons (Fsp3) is 0.357. The van der Waals surface area contributed by atoms with Crippen molar-refractivity contribution in [2.24, 2.45) is 0 Å². The predicted octanol–water partition coefficient (Wildman–Crippen LogP) is 0.629. The molecule has 3 amide bonds. The van der Waals surface area contributed by atoms with E-state index in [4.69, 9.17) is 0 Å². The van der Waals surface area contributed by atoms with Crippen molar-refractivity contribution in [1.29, 1.82) is 0 Å². The van der Waals surface area contributed by atoms with E-state index in [0.29, 0.717) is 24.9 Å². The number of imide groups is 1. The molecule has 1 fully saturated rings. The summed E-state index contributed by atoms with van der Waals surface area (Å²) in [5, 5.41) is 2.22. The molecule has 20 heavy (non-hydrogen) atoms. The molecule has 2 aliphatic rings. The first-order valence-electron chi connectivity index (χ1n) is 6.50. The molecule has 1 N–H and O–H groups in total. The molecule has 1 atom stereocenters. The summed E-state index contributed by atoms with van der Waals surface area (Å²) in [6, 6.07) is 3.85. The first-order chi connectivity index (χ1) is 9.58. The molecule has 0 aromatic heterocycles. The van der Waals surface area contributed by atoms with Crippen LogP contribution in [-0.4, -0.2) is 35.2 Å². The Bertz CT molecular complexity index is 614. The van der Waals surface area contributed by atoms with Gasteiger partial charge < -0.3 is 4.90 Å². The molecule has 0 saturated carbocycles. The Morgan fingerprint density at radius 3 is 2.75 bits per heavy atom. The third-order valence-corrected chi connectivity index (χ3v) is 3.78. The maximum absolute atomic E-state index is 13.8. The van der Waals surface area contributed by atoms with Gasteiger partial charge in [-0.25, -0.2) is 4.39 Å². The van der Waals surface area contributed by atoms with E-state index in [1.54, 1.807) is 12.1 Å². The number of fused-ring (bicyclic) bond motifs is 1. The maximum Gasteiger partial charge on any atom is 0.257 e. The van der Waals surface area contributed by atoms with Gasteiger partial charge in [-0.3, -0.25) is 19.7 Å². The number of piperidine rings is 1. The van der Waals surface area contributed by atoms with E-state index >= 15 is 0 Å². The highest BCUT2D eigenvalue weighted by Crippen LogP contribution is 2.25. The van der Waals surface area contributed by atoms with E-state index in [9.17, 15) is 18.8 Å². The minimum Gasteiger partial charge on any atom is -0.326 e. The van der Waals surface area contributed by atoms with Crippen molar-refractivity contribution in [1.82, 2.24) is 10.2 Å². The molecule has 2 aliphatic heterocycles. The number of nitrogens with zero attached hydrogens (tertiary/aromatic N) is 1. The lowest BCUT2D eigenvalue weighted by atomic mass is 9.95. The zero-order valence-corrected chi connectivity index (χ0v) is 10.7. The minimum absolute atomic E-state index is 0.0449. The van der Waals surface area contributed by atoms with Gasteiger partial charge in [0, 0.05) is 13.0 Å². The molecular weight excluding hydrogens is 263 g/mol. The van der Waals surface area contributed by atoms with Crippen LogP contribution in [-0.2, 0) is 16.0 Å². The molecule has 5 nitrogen and oxygen atoms in total. The SMILES string of the molecule is O=C1CCC(N2CCc3cccc(F)c3C2=O)C(=O)N1. The Kier molecular flexibility index (Phi) is 3.00. The van der Waals surface area contributed by atoms with Crippen LogP contribution in [0, 0.1) is 5.82 Å². The van der Waals surface area contributed by atoms with Gasteiger partial charge in [-0.15, -0.1) is 0 Å². The van der Waals surface area contributed by atoms with Gasteiger partial charge >= 0.3 is 0 Å². The van der Waals surface area contributed by atoms with Gasteiger partial charge in [0.25, 0.3) is 5.91 Å². The lowest BCUT2D eigenvalue weighted by molar-refractivity contribution is -0.136. The average molecular weight is 276 g/mol. The molecule has 3 rings (SSSR count). The Hall–Kier alpha value is -2.24. The second-order valence-corrected chi connectivity index (χ2v) is 4.99. The summed E-state index contributed by atoms with van der Waals surface area (Å²) in [4.78, 5) is 36.7. The second-order valence-electron chi connectivity index (χ2n) is 4.99. The quantitative estimate of drug-likeness (QED) is 0.765. The number of carbonyl (C=O) groups excluding carboxylic acids is 3. The van der Waals surface area contributed by atoms with Crippen molar-refractivity contribution in [3.05, 3.63) is 35.1 Å². The van der Waals surface area contributed by atoms with Crippen LogP contribution in [0.5, 0.6) is 0 Å². The van der Waals surface area contributed by atoms with Crippen LogP contribution in [0.4, 0.5) is 4.39 Å². The van der Waals surface area contributed by atoms with Gasteiger partial charge in [-0.1, -0.05) is 12.1 Å². The molecule has 0 aliphatic carbocycles. The van der Waals surface area contributed by atoms with Crippen LogP contribution in [0.25, 0.3) is 0 Å². The highest BCUT2D eigenvalue weighted by molar-refractivity contribution is 6.04. The van der Waals surface area contributed by atoms with E-state index in [0.717, 1.165) is 0 Å². The molecule has 1 aromatic carbocycles. The summed E-state index contributed by atoms with van der Waals surface area (Å²) in [6.07, 6.45) is 1.00. The van der Waals surface area contributed by atoms with Crippen molar-refractivity contribution in [2.75, 3.05) is 6.54 Å². The summed E-state index contributed by atoms with van der Waals surface area (Å²) in [5.41, 5.74) is 0.710. The van der Waals surface area contributed by atoms with E-state index in [2.05, 4.69) is 5.32 Å². The Labute approximate surface area is 114 Å². The number of nitrogens with one attached hydrogen (secondary N) is 1. The van der Waals surface area contributed by atoms with Crippen molar-refractivity contribution in [3.63, 3.8) is 0 Å². The summed E-state index contributed by atoms with van der Waals surface area (Å²) in [6.45, 7) is 0.363. The Morgan fingerprint density at radius 1 is 1.20 bits per heavy atom. The van der Waals surface area contributed by atoms with Crippen LogP contribution in [0.1, 0.15) is 28.8 Å². The molecule has 104 valence electrons. The van der Waals surface area contributed by atoms with Crippen molar-refractivity contribution in [3.8, 4) is 0 Å². The predicted molar refractivity (Wildman–Crippen MR) is 67.3 cm³/mol. The number of carbonyl (C=O) groups is 3. The molecule has 0 bridgehead atoms. The summed E-state index contributed by atoms with van der Waals surface area (Å²) < 4.78 is 13.8. The number of halogens is 1. The number of benzene rings is 1. The van der Waals surface area contributed by atoms with Crippen molar-refractivity contribution < 1.29 is 18.8 Å². The van der Waals surface area contributed by atoms with E-state index in [1.807, 2.05) is 0 Å². The third kappa shape index (κ3) is 1.97. The number of hydrogen-bond donors (Lipinski definition) is 1. The second kappa shape index (κ2) is 4.70. The standard InChI is InChI=1S/C14H13FN2O3/c15-9-3-1-2-8-6-7-17(14(20)12(8)9)10-4-5-11(18)16-13(10)19/h1-3,10H,4-7H2,(H,16,18,19). The van der Waals surface area contributed by atoms with Crippen LogP contribution < -0.4 is 5.32 Å². The van der Waals surface area contributed by atoms with Gasteiger partial charge in [-0.05, 0) is 24.5 Å². The Morgan fingerprint density at radius 2 is 2.00 bits per heavy atom. The molecule has 6 heteroatoms. The smallest absolute Gasteiger partial charge is 0.257 e. The van der Waals surface area contributed by atoms with Crippen LogP contribution in [0.15, 0.2) is 18.2 Å². The van der Waals surface area contributed by atoms with Gasteiger partial charge in [-0.2, -0.15) is 0 Å². The number of hydrogen-bond acceptors (Lipinski definition) is 3. The highest BCUT2D eigenvalue weighted by atomic mass is 19.1. The van der Waals surface area contributed by atoms with Gasteiger partial charge in [0.1, 0.15) is 11.9 Å². The van der Waals surface area contributed by atoms with Crippen LogP contribution >= 0.6 is 0 Å². The minimum atomic E-state index is -0.687. The first kappa shape index (κ1) is 12.8. The van der Waals surface area contributed by atoms with Crippen molar-refractivity contribution >= 4 is 17.7 Å². The molecule has 0 spiro atoms. The highest BCUT2D eigenvalue weighted by Gasteiger charge is 2.38. The van der Waals surface area contributed by atoms with E-state index in [-0.39, 0.29) is 17.9 Å². The van der Waals surface area contributed by atoms with Gasteiger partial charge in [0.15, 0.2) is 0 Å². The molecule has 1 aromatic rings. The zero-order valence-electron chi connectivity index (χ0n) is 10.7. The normalized spacial score (nSPS) is 22.6. The molecule has 0 radical (unpaired) electrons. The van der Waals surface area contributed by atoms with E-state index < -0.39 is 23.7 Å². The first-order valence-corrected chi connectivity index (χ1v) is 6.50. The van der Waals surface area contributed by atoms with Gasteiger partial charge in [0.2, 0.25) is 11.8 Å². The largest absolute Gasteiger partial charge is 0.326 e. The Balaban J connectivity index is 1.91. The number of rotatable bonds is 1. The monoisotopic (exact) mass is 276 g/mol. The molecular formula is C14H13FN2O3. The zero-order chi connectivity index (χ0) is 14.3. The fourth-order valence-electron chi connectivity index (χ4n) is 2.78. The topological polar surface area (TPSA) is 66.5 Å².